The van der Waals surface area contributed by atoms with Crippen molar-refractivity contribution in [1.29, 1.82) is 0 Å². The third-order valence-electron chi connectivity index (χ3n) is 1.89. The molecule has 0 aromatic heterocycles. The molecule has 0 atom stereocenters. The Morgan fingerprint density at radius 2 is 2.08 bits per heavy atom. The molecule has 0 aliphatic carbocycles. The summed E-state index contributed by atoms with van der Waals surface area (Å²) < 4.78 is 5.17. The molecule has 6 heteroatoms. The van der Waals surface area contributed by atoms with Crippen LogP contribution in [0.1, 0.15) is 0 Å². The first-order chi connectivity index (χ1) is 5.86. The summed E-state index contributed by atoms with van der Waals surface area (Å²) in [7, 11) is 0. The van der Waals surface area contributed by atoms with Gasteiger partial charge in [0.25, 0.3) is 0 Å². The van der Waals surface area contributed by atoms with Gasteiger partial charge < -0.3 is 9.64 Å². The molecule has 1 fully saturated rings. The summed E-state index contributed by atoms with van der Waals surface area (Å²) >= 11 is 0. The van der Waals surface area contributed by atoms with Gasteiger partial charge in [0.15, 0.2) is 5.84 Å². The Morgan fingerprint density at radius 3 is 2.67 bits per heavy atom. The first-order valence-electron chi connectivity index (χ1n) is 3.89. The lowest BCUT2D eigenvalue weighted by molar-refractivity contribution is -0.320. The average Bonchev–Trinajstić information content (AvgIpc) is 2.54. The lowest BCUT2D eigenvalue weighted by Crippen LogP contribution is -2.42. The largest absolute Gasteiger partial charge is 0.378 e. The lowest BCUT2D eigenvalue weighted by atomic mass is 10.4. The second kappa shape index (κ2) is 3.26. The van der Waals surface area contributed by atoms with Crippen LogP contribution in [0.25, 0.3) is 0 Å². The van der Waals surface area contributed by atoms with Crippen molar-refractivity contribution in [2.24, 2.45) is 5.16 Å². The van der Waals surface area contributed by atoms with Gasteiger partial charge in [-0.3, -0.25) is 10.1 Å². The fourth-order valence-corrected chi connectivity index (χ4v) is 1.25. The van der Waals surface area contributed by atoms with Gasteiger partial charge in [-0.1, -0.05) is 0 Å². The summed E-state index contributed by atoms with van der Waals surface area (Å²) in [5.74, 6) is 0.765. The maximum absolute atomic E-state index is 8.87. The molecule has 2 aliphatic heterocycles. The Morgan fingerprint density at radius 1 is 1.33 bits per heavy atom. The van der Waals surface area contributed by atoms with Crippen LogP contribution >= 0.6 is 0 Å². The van der Waals surface area contributed by atoms with Gasteiger partial charge in [-0.05, 0) is 5.16 Å². The zero-order chi connectivity index (χ0) is 8.39. The monoisotopic (exact) mass is 173 g/mol. The summed E-state index contributed by atoms with van der Waals surface area (Å²) in [6.07, 6.45) is 0. The molecule has 0 spiro atoms. The Balaban J connectivity index is 1.91. The first-order valence-corrected chi connectivity index (χ1v) is 3.89. The highest BCUT2D eigenvalue weighted by Crippen LogP contribution is 2.06. The fraction of sp³-hybridized carbons (Fsp3) is 0.833. The molecular weight excluding hydrogens is 162 g/mol. The third-order valence-corrected chi connectivity index (χ3v) is 1.89. The van der Waals surface area contributed by atoms with E-state index in [1.807, 2.05) is 4.90 Å². The van der Waals surface area contributed by atoms with Gasteiger partial charge in [-0.15, -0.1) is 0 Å². The predicted molar refractivity (Wildman–Crippen MR) is 39.4 cm³/mol. The molecule has 12 heavy (non-hydrogen) atoms. The van der Waals surface area contributed by atoms with Crippen molar-refractivity contribution in [3.05, 3.63) is 0 Å². The number of hydroxylamine groups is 2. The van der Waals surface area contributed by atoms with E-state index in [-0.39, 0.29) is 0 Å². The molecule has 2 rings (SSSR count). The van der Waals surface area contributed by atoms with E-state index in [1.165, 1.54) is 0 Å². The topological polar surface area (TPSA) is 57.5 Å². The van der Waals surface area contributed by atoms with Gasteiger partial charge in [0.2, 0.25) is 0 Å². The third kappa shape index (κ3) is 1.50. The minimum Gasteiger partial charge on any atom is -0.378 e. The molecule has 68 valence electrons. The first kappa shape index (κ1) is 7.78. The maximum Gasteiger partial charge on any atom is 0.167 e. The van der Waals surface area contributed by atoms with Crippen molar-refractivity contribution < 1.29 is 14.9 Å². The highest BCUT2D eigenvalue weighted by molar-refractivity contribution is 5.84. The van der Waals surface area contributed by atoms with Crippen molar-refractivity contribution in [3.8, 4) is 0 Å². The van der Waals surface area contributed by atoms with Gasteiger partial charge in [0, 0.05) is 18.3 Å². The van der Waals surface area contributed by atoms with E-state index in [1.54, 1.807) is 0 Å². The van der Waals surface area contributed by atoms with Crippen LogP contribution in [0, 0.1) is 0 Å². The van der Waals surface area contributed by atoms with Crippen molar-refractivity contribution in [1.82, 2.24) is 10.1 Å². The van der Waals surface area contributed by atoms with Gasteiger partial charge in [0.1, 0.15) is 6.54 Å². The zero-order valence-corrected chi connectivity index (χ0v) is 6.64. The second-order valence-electron chi connectivity index (χ2n) is 2.70. The smallest absolute Gasteiger partial charge is 0.167 e. The zero-order valence-electron chi connectivity index (χ0n) is 6.64. The molecule has 0 bridgehead atoms. The standard InChI is InChI=1S/C6H11N3O3/c10-9-5-6(7-12-9)8-1-3-11-4-2-8/h10H,1-5H2. The van der Waals surface area contributed by atoms with E-state index in [0.29, 0.717) is 25.0 Å². The highest BCUT2D eigenvalue weighted by atomic mass is 17.0. The highest BCUT2D eigenvalue weighted by Gasteiger charge is 2.23. The van der Waals surface area contributed by atoms with E-state index in [4.69, 9.17) is 9.94 Å². The minimum absolute atomic E-state index is 0.333. The summed E-state index contributed by atoms with van der Waals surface area (Å²) in [6.45, 7) is 3.39. The fourth-order valence-electron chi connectivity index (χ4n) is 1.25. The number of oxime groups is 1. The molecule has 6 nitrogen and oxygen atoms in total. The van der Waals surface area contributed by atoms with Crippen molar-refractivity contribution in [2.45, 2.75) is 0 Å². The molecule has 0 unspecified atom stereocenters. The van der Waals surface area contributed by atoms with Gasteiger partial charge in [-0.25, -0.2) is 0 Å². The van der Waals surface area contributed by atoms with Crippen molar-refractivity contribution in [3.63, 3.8) is 0 Å². The van der Waals surface area contributed by atoms with Crippen LogP contribution in [-0.4, -0.2) is 54.0 Å². The predicted octanol–water partition coefficient (Wildman–Crippen LogP) is -0.731. The number of morpholine rings is 1. The molecule has 1 saturated heterocycles. The van der Waals surface area contributed by atoms with Crippen LogP contribution in [0.2, 0.25) is 0 Å². The van der Waals surface area contributed by atoms with Crippen molar-refractivity contribution >= 4 is 5.84 Å². The normalized spacial score (nSPS) is 25.4. The number of hydrogen-bond acceptors (Lipinski definition) is 6. The molecule has 2 aliphatic rings. The van der Waals surface area contributed by atoms with E-state index in [2.05, 4.69) is 10.1 Å². The Hall–Kier alpha value is -0.850. The number of hydrogen-bond donors (Lipinski definition) is 1. The summed E-state index contributed by atoms with van der Waals surface area (Å²) in [5, 5.41) is 13.3. The molecule has 2 heterocycles. The molecular formula is C6H11N3O3. The molecule has 0 radical (unpaired) electrons. The van der Waals surface area contributed by atoms with Crippen LogP contribution in [0.4, 0.5) is 0 Å². The molecule has 0 amide bonds. The van der Waals surface area contributed by atoms with E-state index >= 15 is 0 Å². The maximum atomic E-state index is 8.87. The van der Waals surface area contributed by atoms with Gasteiger partial charge >= 0.3 is 0 Å². The molecule has 0 aromatic carbocycles. The quantitative estimate of drug-likeness (QED) is 0.523. The minimum atomic E-state index is 0.333. The average molecular weight is 173 g/mol. The number of ether oxygens (including phenoxy) is 1. The van der Waals surface area contributed by atoms with Gasteiger partial charge in [0.05, 0.1) is 13.2 Å². The lowest BCUT2D eigenvalue weighted by Gasteiger charge is -2.27. The Bertz CT molecular complexity index is 190. The Labute approximate surface area is 69.9 Å². The van der Waals surface area contributed by atoms with Crippen LogP contribution in [-0.2, 0) is 9.68 Å². The number of amidine groups is 1. The van der Waals surface area contributed by atoms with E-state index < -0.39 is 0 Å². The van der Waals surface area contributed by atoms with E-state index in [0.717, 1.165) is 18.9 Å². The molecule has 0 aromatic rings. The summed E-state index contributed by atoms with van der Waals surface area (Å²) in [4.78, 5) is 6.55. The van der Waals surface area contributed by atoms with Crippen molar-refractivity contribution in [2.75, 3.05) is 32.8 Å². The number of nitrogens with zero attached hydrogens (tertiary/aromatic N) is 3. The number of rotatable bonds is 0. The molecule has 1 N–H and O–H groups in total. The van der Waals surface area contributed by atoms with Gasteiger partial charge in [-0.2, -0.15) is 0 Å². The van der Waals surface area contributed by atoms with Crippen LogP contribution < -0.4 is 0 Å². The van der Waals surface area contributed by atoms with Crippen LogP contribution in [0.15, 0.2) is 5.16 Å². The summed E-state index contributed by atoms with van der Waals surface area (Å²) in [5.41, 5.74) is 0. The summed E-state index contributed by atoms with van der Waals surface area (Å²) in [6, 6.07) is 0. The van der Waals surface area contributed by atoms with Crippen LogP contribution in [0.5, 0.6) is 0 Å². The van der Waals surface area contributed by atoms with Crippen LogP contribution in [0.3, 0.4) is 0 Å². The van der Waals surface area contributed by atoms with E-state index in [9.17, 15) is 0 Å². The SMILES string of the molecule is ON1CC(N2CCOCC2)=NO1. The second-order valence-corrected chi connectivity index (χ2v) is 2.70. The molecule has 0 saturated carbocycles. The Kier molecular flexibility index (Phi) is 2.11.